The lowest BCUT2D eigenvalue weighted by atomic mass is 10.1. The zero-order valence-electron chi connectivity index (χ0n) is 11.6. The van der Waals surface area contributed by atoms with Gasteiger partial charge in [-0.3, -0.25) is 4.90 Å². The number of hydrogen-bond acceptors (Lipinski definition) is 3. The third kappa shape index (κ3) is 3.91. The lowest BCUT2D eigenvalue weighted by Crippen LogP contribution is -2.33. The van der Waals surface area contributed by atoms with Gasteiger partial charge in [-0.1, -0.05) is 12.5 Å². The van der Waals surface area contributed by atoms with Gasteiger partial charge in [0.15, 0.2) is 0 Å². The second kappa shape index (κ2) is 6.87. The first-order chi connectivity index (χ1) is 9.18. The fourth-order valence-electron chi connectivity index (χ4n) is 2.55. The highest BCUT2D eigenvalue weighted by Gasteiger charge is 2.14. The molecule has 4 heteroatoms. The van der Waals surface area contributed by atoms with E-state index in [1.165, 1.54) is 25.3 Å². The molecule has 0 radical (unpaired) electrons. The first kappa shape index (κ1) is 14.3. The van der Waals surface area contributed by atoms with Crippen molar-refractivity contribution in [2.75, 3.05) is 26.2 Å². The first-order valence-corrected chi connectivity index (χ1v) is 7.07. The summed E-state index contributed by atoms with van der Waals surface area (Å²) >= 11 is 0. The molecule has 1 fully saturated rings. The van der Waals surface area contributed by atoms with Crippen LogP contribution in [0.5, 0.6) is 5.75 Å². The fraction of sp³-hybridized carbons (Fsp3) is 0.600. The standard InChI is InChI=1S/C15H23FN2O/c1-12(17)15-13(16)6-5-7-14(15)19-11-10-18-8-3-2-4-9-18/h5-7,12H,2-4,8-11,17H2,1H3/t12-/m1/s1. The van der Waals surface area contributed by atoms with Crippen LogP contribution in [0.4, 0.5) is 4.39 Å². The van der Waals surface area contributed by atoms with Crippen molar-refractivity contribution >= 4 is 0 Å². The normalized spacial score (nSPS) is 18.3. The predicted octanol–water partition coefficient (Wildman–Crippen LogP) is 2.71. The average Bonchev–Trinajstić information content (AvgIpc) is 2.39. The van der Waals surface area contributed by atoms with Gasteiger partial charge in [0.25, 0.3) is 0 Å². The fourth-order valence-corrected chi connectivity index (χ4v) is 2.55. The molecule has 2 N–H and O–H groups in total. The smallest absolute Gasteiger partial charge is 0.131 e. The summed E-state index contributed by atoms with van der Waals surface area (Å²) in [6, 6.07) is 4.53. The van der Waals surface area contributed by atoms with Crippen LogP contribution >= 0.6 is 0 Å². The van der Waals surface area contributed by atoms with Crippen LogP contribution in [0, 0.1) is 5.82 Å². The van der Waals surface area contributed by atoms with E-state index >= 15 is 0 Å². The van der Waals surface area contributed by atoms with Gasteiger partial charge in [-0.05, 0) is 45.0 Å². The number of hydrogen-bond donors (Lipinski definition) is 1. The van der Waals surface area contributed by atoms with Crippen LogP contribution in [0.3, 0.4) is 0 Å². The van der Waals surface area contributed by atoms with Crippen molar-refractivity contribution in [1.29, 1.82) is 0 Å². The molecule has 0 spiro atoms. The van der Waals surface area contributed by atoms with Crippen LogP contribution in [-0.2, 0) is 0 Å². The molecule has 0 bridgehead atoms. The maximum atomic E-state index is 13.7. The molecule has 0 amide bonds. The van der Waals surface area contributed by atoms with Gasteiger partial charge in [0.2, 0.25) is 0 Å². The van der Waals surface area contributed by atoms with Crippen LogP contribution in [-0.4, -0.2) is 31.1 Å². The second-order valence-electron chi connectivity index (χ2n) is 5.19. The molecular weight excluding hydrogens is 243 g/mol. The Bertz CT molecular complexity index is 403. The van der Waals surface area contributed by atoms with Crippen LogP contribution in [0.1, 0.15) is 37.8 Å². The number of likely N-dealkylation sites (tertiary alicyclic amines) is 1. The van der Waals surface area contributed by atoms with Gasteiger partial charge in [0.05, 0.1) is 0 Å². The highest BCUT2D eigenvalue weighted by molar-refractivity contribution is 5.36. The monoisotopic (exact) mass is 266 g/mol. The summed E-state index contributed by atoms with van der Waals surface area (Å²) in [7, 11) is 0. The van der Waals surface area contributed by atoms with Crippen molar-refractivity contribution in [3.8, 4) is 5.75 Å². The molecule has 0 saturated carbocycles. The molecule has 2 rings (SSSR count). The van der Waals surface area contributed by atoms with Gasteiger partial charge < -0.3 is 10.5 Å². The van der Waals surface area contributed by atoms with Crippen molar-refractivity contribution in [3.63, 3.8) is 0 Å². The summed E-state index contributed by atoms with van der Waals surface area (Å²) in [5.41, 5.74) is 6.27. The summed E-state index contributed by atoms with van der Waals surface area (Å²) in [5, 5.41) is 0. The second-order valence-corrected chi connectivity index (χ2v) is 5.19. The van der Waals surface area contributed by atoms with Crippen LogP contribution in [0.15, 0.2) is 18.2 Å². The lowest BCUT2D eigenvalue weighted by molar-refractivity contribution is 0.182. The highest BCUT2D eigenvalue weighted by Crippen LogP contribution is 2.26. The van der Waals surface area contributed by atoms with Gasteiger partial charge >= 0.3 is 0 Å². The molecule has 3 nitrogen and oxygen atoms in total. The van der Waals surface area contributed by atoms with Crippen LogP contribution < -0.4 is 10.5 Å². The maximum absolute atomic E-state index is 13.7. The van der Waals surface area contributed by atoms with Crippen molar-refractivity contribution in [2.45, 2.75) is 32.2 Å². The summed E-state index contributed by atoms with van der Waals surface area (Å²) in [4.78, 5) is 2.40. The number of benzene rings is 1. The van der Waals surface area contributed by atoms with Crippen LogP contribution in [0.25, 0.3) is 0 Å². The number of ether oxygens (including phenoxy) is 1. The molecule has 1 aliphatic heterocycles. The van der Waals surface area contributed by atoms with E-state index in [0.717, 1.165) is 19.6 Å². The Morgan fingerprint density at radius 2 is 2.05 bits per heavy atom. The Balaban J connectivity index is 1.90. The molecule has 106 valence electrons. The Labute approximate surface area is 114 Å². The Hall–Kier alpha value is -1.13. The summed E-state index contributed by atoms with van der Waals surface area (Å²) in [6.07, 6.45) is 3.87. The summed E-state index contributed by atoms with van der Waals surface area (Å²) < 4.78 is 19.4. The van der Waals surface area contributed by atoms with Gasteiger partial charge in [0.1, 0.15) is 18.2 Å². The molecule has 0 aliphatic carbocycles. The van der Waals surface area contributed by atoms with E-state index in [9.17, 15) is 4.39 Å². The Morgan fingerprint density at radius 3 is 2.74 bits per heavy atom. The summed E-state index contributed by atoms with van der Waals surface area (Å²) in [6.45, 7) is 5.55. The maximum Gasteiger partial charge on any atom is 0.131 e. The number of nitrogens with two attached hydrogens (primary N) is 1. The van der Waals surface area contributed by atoms with E-state index in [-0.39, 0.29) is 11.9 Å². The molecule has 1 saturated heterocycles. The highest BCUT2D eigenvalue weighted by atomic mass is 19.1. The number of nitrogens with zero attached hydrogens (tertiary/aromatic N) is 1. The summed E-state index contributed by atoms with van der Waals surface area (Å²) in [5.74, 6) is 0.289. The molecule has 1 aromatic carbocycles. The topological polar surface area (TPSA) is 38.5 Å². The molecule has 0 aromatic heterocycles. The molecule has 1 heterocycles. The van der Waals surface area contributed by atoms with E-state index in [2.05, 4.69) is 4.90 Å². The minimum Gasteiger partial charge on any atom is -0.492 e. The molecular formula is C15H23FN2O. The number of rotatable bonds is 5. The molecule has 1 aromatic rings. The minimum atomic E-state index is -0.355. The largest absolute Gasteiger partial charge is 0.492 e. The average molecular weight is 266 g/mol. The lowest BCUT2D eigenvalue weighted by Gasteiger charge is -2.26. The predicted molar refractivity (Wildman–Crippen MR) is 74.8 cm³/mol. The van der Waals surface area contributed by atoms with Gasteiger partial charge in [-0.25, -0.2) is 4.39 Å². The Morgan fingerprint density at radius 1 is 1.32 bits per heavy atom. The Kier molecular flexibility index (Phi) is 5.16. The van der Waals surface area contributed by atoms with Crippen LogP contribution in [0.2, 0.25) is 0 Å². The zero-order chi connectivity index (χ0) is 13.7. The zero-order valence-corrected chi connectivity index (χ0v) is 11.6. The van der Waals surface area contributed by atoms with Crippen molar-refractivity contribution < 1.29 is 9.13 Å². The van der Waals surface area contributed by atoms with Gasteiger partial charge in [-0.2, -0.15) is 0 Å². The van der Waals surface area contributed by atoms with E-state index in [1.807, 2.05) is 0 Å². The number of piperidine rings is 1. The SMILES string of the molecule is C[C@@H](N)c1c(F)cccc1OCCN1CCCCC1. The van der Waals surface area contributed by atoms with Crippen molar-refractivity contribution in [1.82, 2.24) is 4.90 Å². The quantitative estimate of drug-likeness (QED) is 0.890. The third-order valence-electron chi connectivity index (χ3n) is 3.58. The van der Waals surface area contributed by atoms with E-state index in [0.29, 0.717) is 17.9 Å². The van der Waals surface area contributed by atoms with Gasteiger partial charge in [-0.15, -0.1) is 0 Å². The molecule has 1 aliphatic rings. The first-order valence-electron chi connectivity index (χ1n) is 7.07. The minimum absolute atomic E-state index is 0.287. The molecule has 19 heavy (non-hydrogen) atoms. The van der Waals surface area contributed by atoms with E-state index < -0.39 is 0 Å². The van der Waals surface area contributed by atoms with E-state index in [4.69, 9.17) is 10.5 Å². The molecule has 1 atom stereocenters. The third-order valence-corrected chi connectivity index (χ3v) is 3.58. The van der Waals surface area contributed by atoms with Crippen molar-refractivity contribution in [2.24, 2.45) is 5.73 Å². The van der Waals surface area contributed by atoms with E-state index in [1.54, 1.807) is 19.1 Å². The van der Waals surface area contributed by atoms with Crippen molar-refractivity contribution in [3.05, 3.63) is 29.6 Å². The molecule has 0 unspecified atom stereocenters. The number of halogens is 1. The van der Waals surface area contributed by atoms with Gasteiger partial charge in [0, 0.05) is 18.2 Å².